The van der Waals surface area contributed by atoms with Crippen LogP contribution in [-0.2, 0) is 0 Å². The molecular weight excluding hydrogens is 519 g/mol. The average molecular weight is 549 g/mol. The Morgan fingerprint density at radius 2 is 0.583 bits per heavy atom. The van der Waals surface area contributed by atoms with Gasteiger partial charge in [-0.2, -0.15) is 0 Å². The summed E-state index contributed by atoms with van der Waals surface area (Å²) in [5.41, 5.74) is 0. The van der Waals surface area contributed by atoms with Gasteiger partial charge in [-0.15, -0.1) is 0 Å². The van der Waals surface area contributed by atoms with Crippen LogP contribution in [0.5, 0.6) is 34.5 Å². The number of hydrogen-bond acceptors (Lipinski definition) is 9. The third kappa shape index (κ3) is 7.33. The maximum absolute atomic E-state index is 6.22. The highest BCUT2D eigenvalue weighted by molar-refractivity contribution is 7.46. The molecule has 9 nitrogen and oxygen atoms in total. The molecule has 0 radical (unpaired) electrons. The van der Waals surface area contributed by atoms with Gasteiger partial charge in [-0.1, -0.05) is 18.2 Å². The monoisotopic (exact) mass is 549 g/mol. The van der Waals surface area contributed by atoms with Crippen LogP contribution in [0, 0.1) is 0 Å². The fraction of sp³-hybridized carbons (Fsp3) is 0.250. The van der Waals surface area contributed by atoms with Crippen LogP contribution in [0.2, 0.25) is 0 Å². The second kappa shape index (κ2) is 12.2. The summed E-state index contributed by atoms with van der Waals surface area (Å²) in [6.07, 6.45) is 0. The molecule has 4 rings (SSSR count). The average Bonchev–Trinajstić information content (AvgIpc) is 2.83. The van der Waals surface area contributed by atoms with E-state index in [1.54, 1.807) is 0 Å². The molecule has 0 N–H and O–H groups in total. The summed E-state index contributed by atoms with van der Waals surface area (Å²) in [7, 11) is 7.10. The van der Waals surface area contributed by atoms with Crippen molar-refractivity contribution in [1.82, 2.24) is 14.0 Å². The van der Waals surface area contributed by atoms with Gasteiger partial charge < -0.3 is 27.1 Å². The molecule has 1 heterocycles. The van der Waals surface area contributed by atoms with Crippen LogP contribution in [0.1, 0.15) is 0 Å². The standard InChI is InChI=1S/C24H30N3O6P3/c1-25(2)34-28-19-10-7-12-21(16-19)30-35(26(3)4)32-23-14-9-15-24(18-23)33-36(27(5)6)31-22-13-8-11-20(17-22)29-34/h7-18H,1-6H3. The molecule has 0 amide bonds. The molecule has 0 fully saturated rings. The molecule has 192 valence electrons. The molecule has 0 aromatic heterocycles. The Hall–Kier alpha value is -2.37. The van der Waals surface area contributed by atoms with Crippen molar-refractivity contribution in [3.05, 3.63) is 72.8 Å². The van der Waals surface area contributed by atoms with Crippen LogP contribution in [0.3, 0.4) is 0 Å². The van der Waals surface area contributed by atoms with Crippen molar-refractivity contribution in [1.29, 1.82) is 0 Å². The van der Waals surface area contributed by atoms with Gasteiger partial charge in [0.1, 0.15) is 34.5 Å². The minimum Gasteiger partial charge on any atom is -0.427 e. The summed E-state index contributed by atoms with van der Waals surface area (Å²) in [6, 6.07) is 22.4. The predicted molar refractivity (Wildman–Crippen MR) is 145 cm³/mol. The summed E-state index contributed by atoms with van der Waals surface area (Å²) < 4.78 is 43.0. The Morgan fingerprint density at radius 3 is 0.750 bits per heavy atom. The lowest BCUT2D eigenvalue weighted by molar-refractivity contribution is 0.403. The van der Waals surface area contributed by atoms with Gasteiger partial charge in [-0.3, -0.25) is 0 Å². The molecule has 0 aliphatic carbocycles. The Kier molecular flexibility index (Phi) is 9.08. The van der Waals surface area contributed by atoms with E-state index in [2.05, 4.69) is 0 Å². The quantitative estimate of drug-likeness (QED) is 0.331. The van der Waals surface area contributed by atoms with E-state index in [9.17, 15) is 0 Å². The summed E-state index contributed by atoms with van der Waals surface area (Å²) >= 11 is 0. The van der Waals surface area contributed by atoms with E-state index in [0.717, 1.165) is 0 Å². The second-order valence-electron chi connectivity index (χ2n) is 8.23. The van der Waals surface area contributed by atoms with Crippen LogP contribution in [-0.4, -0.2) is 56.3 Å². The maximum Gasteiger partial charge on any atom is 0.383 e. The predicted octanol–water partition coefficient (Wildman–Crippen LogP) is 6.74. The zero-order valence-corrected chi connectivity index (χ0v) is 23.7. The number of fused-ring (bicyclic) bond motifs is 6. The molecule has 0 saturated carbocycles. The van der Waals surface area contributed by atoms with Crippen LogP contribution >= 0.6 is 25.6 Å². The van der Waals surface area contributed by atoms with Crippen molar-refractivity contribution >= 4 is 25.6 Å². The van der Waals surface area contributed by atoms with Gasteiger partial charge in [-0.05, 0) is 78.7 Å². The lowest BCUT2D eigenvalue weighted by atomic mass is 10.3. The molecule has 3 aromatic carbocycles. The van der Waals surface area contributed by atoms with E-state index < -0.39 is 25.6 Å². The van der Waals surface area contributed by atoms with E-state index >= 15 is 0 Å². The topological polar surface area (TPSA) is 65.1 Å². The summed E-state index contributed by atoms with van der Waals surface area (Å²) in [5, 5.41) is 0. The molecular formula is C24H30N3O6P3. The first kappa shape index (κ1) is 26.7. The zero-order valence-electron chi connectivity index (χ0n) is 21.1. The first-order valence-corrected chi connectivity index (χ1v) is 14.5. The lowest BCUT2D eigenvalue weighted by Crippen LogP contribution is -2.14. The van der Waals surface area contributed by atoms with E-state index in [1.165, 1.54) is 0 Å². The Morgan fingerprint density at radius 1 is 0.389 bits per heavy atom. The SMILES string of the molecule is CN(C)P1Oc2cccc(c2)OP(N(C)C)Oc2cccc(c2)OP(N(C)C)Oc2cccc(c2)O1. The molecule has 6 bridgehead atoms. The first-order valence-electron chi connectivity index (χ1n) is 11.1. The number of nitrogens with zero attached hydrogens (tertiary/aromatic N) is 3. The van der Waals surface area contributed by atoms with E-state index in [0.29, 0.717) is 34.5 Å². The van der Waals surface area contributed by atoms with Gasteiger partial charge >= 0.3 is 25.6 Å². The van der Waals surface area contributed by atoms with Gasteiger partial charge in [0.05, 0.1) is 0 Å². The van der Waals surface area contributed by atoms with Gasteiger partial charge in [0.15, 0.2) is 0 Å². The van der Waals surface area contributed by atoms with Crippen molar-refractivity contribution in [2.75, 3.05) is 42.3 Å². The highest BCUT2D eigenvalue weighted by Gasteiger charge is 2.24. The fourth-order valence-electron chi connectivity index (χ4n) is 2.85. The van der Waals surface area contributed by atoms with Gasteiger partial charge in [0.25, 0.3) is 0 Å². The van der Waals surface area contributed by atoms with E-state index in [-0.39, 0.29) is 0 Å². The van der Waals surface area contributed by atoms with Gasteiger partial charge in [-0.25, -0.2) is 14.0 Å². The Bertz CT molecular complexity index is 948. The smallest absolute Gasteiger partial charge is 0.383 e. The van der Waals surface area contributed by atoms with E-state index in [4.69, 9.17) is 27.1 Å². The lowest BCUT2D eigenvalue weighted by Gasteiger charge is -2.26. The number of hydrogen-bond donors (Lipinski definition) is 0. The highest BCUT2D eigenvalue weighted by atomic mass is 31.2. The van der Waals surface area contributed by atoms with Crippen molar-refractivity contribution in [3.8, 4) is 34.5 Å². The summed E-state index contributed by atoms with van der Waals surface area (Å²) in [6.45, 7) is 0. The molecule has 3 aromatic rings. The molecule has 36 heavy (non-hydrogen) atoms. The number of benzene rings is 3. The molecule has 0 saturated heterocycles. The highest BCUT2D eigenvalue weighted by Crippen LogP contribution is 2.48. The molecule has 12 heteroatoms. The van der Waals surface area contributed by atoms with Crippen LogP contribution < -0.4 is 27.1 Å². The minimum absolute atomic E-state index is 0.626. The third-order valence-corrected chi connectivity index (χ3v) is 8.66. The fourth-order valence-corrected chi connectivity index (χ4v) is 5.71. The molecule has 0 unspecified atom stereocenters. The summed E-state index contributed by atoms with van der Waals surface area (Å²) in [5.74, 6) is 3.76. The van der Waals surface area contributed by atoms with Crippen molar-refractivity contribution in [2.45, 2.75) is 0 Å². The number of rotatable bonds is 3. The molecule has 0 atom stereocenters. The van der Waals surface area contributed by atoms with Gasteiger partial charge in [0, 0.05) is 18.2 Å². The summed E-state index contributed by atoms with van der Waals surface area (Å²) in [4.78, 5) is 0. The van der Waals surface area contributed by atoms with Crippen molar-refractivity contribution < 1.29 is 27.1 Å². The minimum atomic E-state index is -1.45. The van der Waals surface area contributed by atoms with Crippen LogP contribution in [0.25, 0.3) is 0 Å². The zero-order chi connectivity index (χ0) is 25.7. The van der Waals surface area contributed by atoms with Gasteiger partial charge in [0.2, 0.25) is 0 Å². The van der Waals surface area contributed by atoms with Crippen LogP contribution in [0.15, 0.2) is 72.8 Å². The van der Waals surface area contributed by atoms with Crippen molar-refractivity contribution in [2.24, 2.45) is 0 Å². The van der Waals surface area contributed by atoms with E-state index in [1.807, 2.05) is 129 Å². The maximum atomic E-state index is 6.22. The van der Waals surface area contributed by atoms with Crippen molar-refractivity contribution in [3.63, 3.8) is 0 Å². The normalized spacial score (nSPS) is 20.1. The molecule has 1 aliphatic rings. The third-order valence-electron chi connectivity index (χ3n) is 4.50. The second-order valence-corrected chi connectivity index (χ2v) is 13.1. The van der Waals surface area contributed by atoms with Crippen LogP contribution in [0.4, 0.5) is 0 Å². The largest absolute Gasteiger partial charge is 0.427 e. The first-order chi connectivity index (χ1) is 17.3. The molecule has 0 spiro atoms. The Balaban J connectivity index is 1.73. The molecule has 1 aliphatic heterocycles. The Labute approximate surface area is 216 Å².